The highest BCUT2D eigenvalue weighted by Crippen LogP contribution is 2.25. The van der Waals surface area contributed by atoms with Gasteiger partial charge >= 0.3 is 0 Å². The molecule has 118 valence electrons. The minimum atomic E-state index is 0.587. The van der Waals surface area contributed by atoms with E-state index in [-0.39, 0.29) is 0 Å². The fraction of sp³-hybridized carbons (Fsp3) is 0.263. The number of hydrogen-bond acceptors (Lipinski definition) is 4. The number of nitrogens with one attached hydrogen (secondary N) is 1. The number of ether oxygens (including phenoxy) is 1. The van der Waals surface area contributed by atoms with E-state index < -0.39 is 0 Å². The van der Waals surface area contributed by atoms with Crippen LogP contribution in [0.1, 0.15) is 16.7 Å². The molecular weight excluding hydrogens is 286 g/mol. The predicted molar refractivity (Wildman–Crippen MR) is 94.2 cm³/mol. The molecule has 0 radical (unpaired) electrons. The Morgan fingerprint density at radius 3 is 2.61 bits per heavy atom. The van der Waals surface area contributed by atoms with E-state index in [4.69, 9.17) is 4.74 Å². The van der Waals surface area contributed by atoms with E-state index in [2.05, 4.69) is 48.2 Å². The summed E-state index contributed by atoms with van der Waals surface area (Å²) < 4.78 is 5.98. The van der Waals surface area contributed by atoms with E-state index in [1.165, 1.54) is 16.7 Å². The summed E-state index contributed by atoms with van der Waals surface area (Å²) in [6.07, 6.45) is 1.58. The lowest BCUT2D eigenvalue weighted by molar-refractivity contribution is 0.328. The Hall–Kier alpha value is -2.62. The van der Waals surface area contributed by atoms with Crippen LogP contribution in [0.3, 0.4) is 0 Å². The molecule has 0 aliphatic heterocycles. The average Bonchev–Trinajstić information content (AvgIpc) is 2.58. The Balaban J connectivity index is 1.65. The van der Waals surface area contributed by atoms with Gasteiger partial charge in [0.25, 0.3) is 0 Å². The number of anilines is 1. The molecule has 1 N–H and O–H groups in total. The third kappa shape index (κ3) is 3.26. The van der Waals surface area contributed by atoms with Gasteiger partial charge in [0.05, 0.1) is 12.1 Å². The van der Waals surface area contributed by atoms with Crippen molar-refractivity contribution in [2.24, 2.45) is 0 Å². The van der Waals surface area contributed by atoms with Gasteiger partial charge in [-0.15, -0.1) is 0 Å². The van der Waals surface area contributed by atoms with Crippen molar-refractivity contribution in [3.63, 3.8) is 0 Å². The smallest absolute Gasteiger partial charge is 0.137 e. The molecule has 0 fully saturated rings. The molecule has 0 atom stereocenters. The predicted octanol–water partition coefficient (Wildman–Crippen LogP) is 4.05. The van der Waals surface area contributed by atoms with Gasteiger partial charge in [0.1, 0.15) is 24.5 Å². The van der Waals surface area contributed by atoms with Crippen LogP contribution in [0, 0.1) is 20.8 Å². The van der Waals surface area contributed by atoms with E-state index in [0.717, 1.165) is 22.5 Å². The third-order valence-corrected chi connectivity index (χ3v) is 4.06. The lowest BCUT2D eigenvalue weighted by Crippen LogP contribution is -2.13. The zero-order chi connectivity index (χ0) is 16.2. The van der Waals surface area contributed by atoms with E-state index in [0.29, 0.717) is 13.2 Å². The minimum Gasteiger partial charge on any atom is -0.491 e. The SMILES string of the molecule is Cc1ccc(C)c(OCCNc2ncnc3ccccc23)c1C. The molecule has 0 aliphatic rings. The molecule has 0 unspecified atom stereocenters. The Bertz CT molecular complexity index is 825. The zero-order valence-corrected chi connectivity index (χ0v) is 13.8. The second kappa shape index (κ2) is 6.65. The third-order valence-electron chi connectivity index (χ3n) is 4.06. The summed E-state index contributed by atoms with van der Waals surface area (Å²) in [6.45, 7) is 7.56. The first-order valence-corrected chi connectivity index (χ1v) is 7.80. The summed E-state index contributed by atoms with van der Waals surface area (Å²) in [7, 11) is 0. The van der Waals surface area contributed by atoms with Crippen LogP contribution < -0.4 is 10.1 Å². The molecule has 3 aromatic rings. The largest absolute Gasteiger partial charge is 0.491 e. The van der Waals surface area contributed by atoms with Crippen molar-refractivity contribution in [2.45, 2.75) is 20.8 Å². The highest BCUT2D eigenvalue weighted by Gasteiger charge is 2.06. The minimum absolute atomic E-state index is 0.587. The van der Waals surface area contributed by atoms with Gasteiger partial charge in [0, 0.05) is 5.39 Å². The first-order chi connectivity index (χ1) is 11.2. The molecule has 0 aliphatic carbocycles. The van der Waals surface area contributed by atoms with Gasteiger partial charge in [-0.05, 0) is 49.6 Å². The highest BCUT2D eigenvalue weighted by atomic mass is 16.5. The van der Waals surface area contributed by atoms with Crippen molar-refractivity contribution >= 4 is 16.7 Å². The van der Waals surface area contributed by atoms with Crippen molar-refractivity contribution in [1.29, 1.82) is 0 Å². The van der Waals surface area contributed by atoms with Gasteiger partial charge in [-0.3, -0.25) is 0 Å². The maximum atomic E-state index is 5.98. The summed E-state index contributed by atoms with van der Waals surface area (Å²) in [6, 6.07) is 12.2. The maximum absolute atomic E-state index is 5.98. The first-order valence-electron chi connectivity index (χ1n) is 7.80. The summed E-state index contributed by atoms with van der Waals surface area (Å²) in [5, 5.41) is 4.36. The van der Waals surface area contributed by atoms with Crippen molar-refractivity contribution in [2.75, 3.05) is 18.5 Å². The van der Waals surface area contributed by atoms with Gasteiger partial charge in [-0.25, -0.2) is 9.97 Å². The number of para-hydroxylation sites is 1. The van der Waals surface area contributed by atoms with Crippen LogP contribution in [0.4, 0.5) is 5.82 Å². The molecule has 2 aromatic carbocycles. The fourth-order valence-electron chi connectivity index (χ4n) is 2.62. The summed E-state index contributed by atoms with van der Waals surface area (Å²) in [5.74, 6) is 1.83. The first kappa shape index (κ1) is 15.3. The van der Waals surface area contributed by atoms with E-state index in [9.17, 15) is 0 Å². The molecule has 3 rings (SSSR count). The Kier molecular flexibility index (Phi) is 4.42. The molecule has 23 heavy (non-hydrogen) atoms. The number of aryl methyl sites for hydroxylation is 2. The molecule has 0 spiro atoms. The second-order valence-corrected chi connectivity index (χ2v) is 5.67. The van der Waals surface area contributed by atoms with Crippen molar-refractivity contribution in [3.8, 4) is 5.75 Å². The van der Waals surface area contributed by atoms with Gasteiger partial charge in [0.2, 0.25) is 0 Å². The monoisotopic (exact) mass is 307 g/mol. The van der Waals surface area contributed by atoms with Gasteiger partial charge in [0.15, 0.2) is 0 Å². The molecule has 0 bridgehead atoms. The lowest BCUT2D eigenvalue weighted by atomic mass is 10.1. The van der Waals surface area contributed by atoms with Crippen LogP contribution in [0.15, 0.2) is 42.7 Å². The standard InChI is InChI=1S/C19H21N3O/c1-13-8-9-14(2)18(15(13)3)23-11-10-20-19-16-6-4-5-7-17(16)21-12-22-19/h4-9,12H,10-11H2,1-3H3,(H,20,21,22). The Morgan fingerprint density at radius 2 is 1.74 bits per heavy atom. The molecular formula is C19H21N3O. The van der Waals surface area contributed by atoms with E-state index >= 15 is 0 Å². The zero-order valence-electron chi connectivity index (χ0n) is 13.8. The van der Waals surface area contributed by atoms with Gasteiger partial charge in [-0.1, -0.05) is 24.3 Å². The number of aromatic nitrogens is 2. The normalized spacial score (nSPS) is 10.7. The molecule has 4 heteroatoms. The molecule has 0 amide bonds. The Morgan fingerprint density at radius 1 is 0.957 bits per heavy atom. The number of fused-ring (bicyclic) bond motifs is 1. The number of benzene rings is 2. The van der Waals surface area contributed by atoms with Gasteiger partial charge < -0.3 is 10.1 Å². The van der Waals surface area contributed by atoms with Crippen molar-refractivity contribution in [3.05, 3.63) is 59.4 Å². The summed E-state index contributed by atoms with van der Waals surface area (Å²) in [4.78, 5) is 8.59. The number of nitrogens with zero attached hydrogens (tertiary/aromatic N) is 2. The van der Waals surface area contributed by atoms with Crippen LogP contribution in [0.25, 0.3) is 10.9 Å². The molecule has 1 heterocycles. The van der Waals surface area contributed by atoms with Crippen LogP contribution in [0.5, 0.6) is 5.75 Å². The molecule has 0 saturated carbocycles. The van der Waals surface area contributed by atoms with Crippen LogP contribution >= 0.6 is 0 Å². The van der Waals surface area contributed by atoms with Gasteiger partial charge in [-0.2, -0.15) is 0 Å². The quantitative estimate of drug-likeness (QED) is 0.723. The molecule has 4 nitrogen and oxygen atoms in total. The highest BCUT2D eigenvalue weighted by molar-refractivity contribution is 5.88. The van der Waals surface area contributed by atoms with Crippen LogP contribution in [0.2, 0.25) is 0 Å². The topological polar surface area (TPSA) is 47.0 Å². The maximum Gasteiger partial charge on any atom is 0.137 e. The molecule has 0 saturated heterocycles. The summed E-state index contributed by atoms with van der Waals surface area (Å²) in [5.41, 5.74) is 4.56. The fourth-order valence-corrected chi connectivity index (χ4v) is 2.62. The van der Waals surface area contributed by atoms with E-state index in [1.807, 2.05) is 24.3 Å². The number of rotatable bonds is 5. The summed E-state index contributed by atoms with van der Waals surface area (Å²) >= 11 is 0. The van der Waals surface area contributed by atoms with Crippen LogP contribution in [-0.2, 0) is 0 Å². The van der Waals surface area contributed by atoms with Crippen molar-refractivity contribution < 1.29 is 4.74 Å². The van der Waals surface area contributed by atoms with E-state index in [1.54, 1.807) is 6.33 Å². The molecule has 1 aromatic heterocycles. The second-order valence-electron chi connectivity index (χ2n) is 5.67. The van der Waals surface area contributed by atoms with Crippen LogP contribution in [-0.4, -0.2) is 23.1 Å². The van der Waals surface area contributed by atoms with Crippen molar-refractivity contribution in [1.82, 2.24) is 9.97 Å². The number of hydrogen-bond donors (Lipinski definition) is 1. The Labute approximate surface area is 136 Å². The lowest BCUT2D eigenvalue weighted by Gasteiger charge is -2.14. The average molecular weight is 307 g/mol.